The summed E-state index contributed by atoms with van der Waals surface area (Å²) in [6.45, 7) is 1.82. The Bertz CT molecular complexity index is 1360. The molecule has 0 radical (unpaired) electrons. The van der Waals surface area contributed by atoms with Gasteiger partial charge in [-0.05, 0) is 36.8 Å². The highest BCUT2D eigenvalue weighted by molar-refractivity contribution is 6.14. The minimum Gasteiger partial charge on any atom is -0.449 e. The zero-order chi connectivity index (χ0) is 20.7. The molecule has 0 aliphatic carbocycles. The second-order valence-electron chi connectivity index (χ2n) is 7.05. The lowest BCUT2D eigenvalue weighted by atomic mass is 10.2. The molecule has 0 aliphatic heterocycles. The summed E-state index contributed by atoms with van der Waals surface area (Å²) in [5.41, 5.74) is 3.06. The summed E-state index contributed by atoms with van der Waals surface area (Å²) >= 11 is 0. The molecule has 3 aromatic carbocycles. The van der Waals surface area contributed by atoms with Gasteiger partial charge in [-0.2, -0.15) is 0 Å². The maximum atomic E-state index is 13.5. The van der Waals surface area contributed by atoms with E-state index in [9.17, 15) is 9.59 Å². The molecular formula is C24H18N2O4. The van der Waals surface area contributed by atoms with E-state index in [0.717, 1.165) is 21.8 Å². The molecule has 0 saturated carbocycles. The second-order valence-corrected chi connectivity index (χ2v) is 7.05. The molecule has 1 unspecified atom stereocenters. The Labute approximate surface area is 171 Å². The molecule has 6 nitrogen and oxygen atoms in total. The Kier molecular flexibility index (Phi) is 4.32. The average molecular weight is 398 g/mol. The Morgan fingerprint density at radius 1 is 1.00 bits per heavy atom. The Morgan fingerprint density at radius 3 is 2.33 bits per heavy atom. The van der Waals surface area contributed by atoms with Crippen LogP contribution >= 0.6 is 0 Å². The molecule has 0 bridgehead atoms. The van der Waals surface area contributed by atoms with Crippen LogP contribution in [0, 0.1) is 0 Å². The number of ether oxygens (including phenoxy) is 1. The quantitative estimate of drug-likeness (QED) is 0.389. The van der Waals surface area contributed by atoms with Crippen molar-refractivity contribution in [3.8, 4) is 0 Å². The number of carbonyl (C=O) groups is 2. The largest absolute Gasteiger partial charge is 0.449 e. The van der Waals surface area contributed by atoms with Gasteiger partial charge in [0.05, 0.1) is 16.6 Å². The molecule has 1 atom stereocenters. The number of esters is 1. The smallest absolute Gasteiger partial charge is 0.338 e. The average Bonchev–Trinajstić information content (AvgIpc) is 3.38. The Morgan fingerprint density at radius 2 is 1.67 bits per heavy atom. The molecule has 5 aromatic rings. The van der Waals surface area contributed by atoms with Gasteiger partial charge in [0.1, 0.15) is 5.52 Å². The van der Waals surface area contributed by atoms with Crippen molar-refractivity contribution in [1.29, 1.82) is 0 Å². The van der Waals surface area contributed by atoms with Gasteiger partial charge in [0.15, 0.2) is 18.1 Å². The van der Waals surface area contributed by atoms with Crippen LogP contribution in [0.15, 0.2) is 77.5 Å². The topological polar surface area (TPSA) is 74.3 Å². The van der Waals surface area contributed by atoms with Crippen molar-refractivity contribution in [2.75, 3.05) is 0 Å². The molecule has 0 aliphatic rings. The summed E-state index contributed by atoms with van der Waals surface area (Å²) in [5.74, 6) is -0.841. The first-order valence-corrected chi connectivity index (χ1v) is 9.74. The van der Waals surface area contributed by atoms with Crippen molar-refractivity contribution >= 4 is 44.8 Å². The molecule has 30 heavy (non-hydrogen) atoms. The van der Waals surface area contributed by atoms with E-state index in [1.54, 1.807) is 22.8 Å². The number of nitrogens with zero attached hydrogens (tertiary/aromatic N) is 2. The van der Waals surface area contributed by atoms with E-state index < -0.39 is 12.1 Å². The fraction of sp³-hybridized carbons (Fsp3) is 0.125. The number of hydrogen-bond donors (Lipinski definition) is 0. The highest BCUT2D eigenvalue weighted by atomic mass is 16.5. The van der Waals surface area contributed by atoms with Gasteiger partial charge in [0, 0.05) is 10.8 Å². The Hall–Kier alpha value is -3.93. The summed E-state index contributed by atoms with van der Waals surface area (Å²) in [6, 6.07) is 20.3. The lowest BCUT2D eigenvalue weighted by Gasteiger charge is -2.17. The first-order chi connectivity index (χ1) is 14.7. The van der Waals surface area contributed by atoms with Crippen LogP contribution in [0.1, 0.15) is 28.5 Å². The zero-order valence-electron chi connectivity index (χ0n) is 16.2. The second kappa shape index (κ2) is 7.15. The minimum atomic E-state index is -0.912. The maximum Gasteiger partial charge on any atom is 0.338 e. The summed E-state index contributed by atoms with van der Waals surface area (Å²) < 4.78 is 12.5. The van der Waals surface area contributed by atoms with Gasteiger partial charge in [-0.15, -0.1) is 0 Å². The molecule has 5 rings (SSSR count). The van der Waals surface area contributed by atoms with Crippen molar-refractivity contribution in [3.05, 3.63) is 78.7 Å². The van der Waals surface area contributed by atoms with E-state index >= 15 is 0 Å². The van der Waals surface area contributed by atoms with Crippen molar-refractivity contribution in [1.82, 2.24) is 9.55 Å². The predicted molar refractivity (Wildman–Crippen MR) is 114 cm³/mol. The van der Waals surface area contributed by atoms with Crippen molar-refractivity contribution < 1.29 is 18.7 Å². The minimum absolute atomic E-state index is 0.272. The van der Waals surface area contributed by atoms with E-state index in [2.05, 4.69) is 4.98 Å². The lowest BCUT2D eigenvalue weighted by molar-refractivity contribution is 0.0245. The third-order valence-corrected chi connectivity index (χ3v) is 5.26. The number of para-hydroxylation sites is 2. The van der Waals surface area contributed by atoms with Crippen LogP contribution in [-0.4, -0.2) is 27.5 Å². The van der Waals surface area contributed by atoms with Gasteiger partial charge < -0.3 is 9.15 Å². The van der Waals surface area contributed by atoms with E-state index in [4.69, 9.17) is 9.15 Å². The molecule has 0 fully saturated rings. The van der Waals surface area contributed by atoms with Crippen LogP contribution in [0.4, 0.5) is 0 Å². The lowest BCUT2D eigenvalue weighted by Crippen LogP contribution is -2.31. The summed E-state index contributed by atoms with van der Waals surface area (Å²) in [7, 11) is 0. The fourth-order valence-electron chi connectivity index (χ4n) is 3.79. The molecule has 0 spiro atoms. The maximum absolute atomic E-state index is 13.5. The number of aromatic nitrogens is 2. The number of benzene rings is 3. The highest BCUT2D eigenvalue weighted by Gasteiger charge is 2.26. The van der Waals surface area contributed by atoms with Crippen LogP contribution in [-0.2, 0) is 4.74 Å². The number of rotatable bonds is 4. The van der Waals surface area contributed by atoms with E-state index in [0.29, 0.717) is 23.1 Å². The van der Waals surface area contributed by atoms with Crippen molar-refractivity contribution in [2.45, 2.75) is 19.4 Å². The van der Waals surface area contributed by atoms with E-state index in [1.807, 2.05) is 55.5 Å². The summed E-state index contributed by atoms with van der Waals surface area (Å²) in [6.07, 6.45) is 0.766. The van der Waals surface area contributed by atoms with Crippen LogP contribution in [0.2, 0.25) is 0 Å². The predicted octanol–water partition coefficient (Wildman–Crippen LogP) is 5.21. The molecule has 6 heteroatoms. The third-order valence-electron chi connectivity index (χ3n) is 5.26. The number of hydrogen-bond acceptors (Lipinski definition) is 5. The zero-order valence-corrected chi connectivity index (χ0v) is 16.2. The molecular weight excluding hydrogens is 380 g/mol. The van der Waals surface area contributed by atoms with Crippen LogP contribution in [0.3, 0.4) is 0 Å². The summed E-state index contributed by atoms with van der Waals surface area (Å²) in [5, 5.41) is 1.97. The molecule has 148 valence electrons. The van der Waals surface area contributed by atoms with Crippen molar-refractivity contribution in [3.63, 3.8) is 0 Å². The molecule has 0 N–H and O–H groups in total. The normalized spacial score (nSPS) is 12.4. The number of fused-ring (bicyclic) bond motifs is 4. The molecule has 2 aromatic heterocycles. The van der Waals surface area contributed by atoms with E-state index in [1.165, 1.54) is 6.39 Å². The van der Waals surface area contributed by atoms with Gasteiger partial charge >= 0.3 is 5.97 Å². The molecule has 2 heterocycles. The summed E-state index contributed by atoms with van der Waals surface area (Å²) in [4.78, 5) is 30.3. The van der Waals surface area contributed by atoms with Gasteiger partial charge in [-0.25, -0.2) is 9.78 Å². The first-order valence-electron chi connectivity index (χ1n) is 9.74. The molecule has 0 saturated heterocycles. The van der Waals surface area contributed by atoms with Crippen LogP contribution in [0.25, 0.3) is 32.9 Å². The Balaban J connectivity index is 1.52. The monoisotopic (exact) mass is 398 g/mol. The van der Waals surface area contributed by atoms with Crippen molar-refractivity contribution in [2.24, 2.45) is 0 Å². The van der Waals surface area contributed by atoms with Crippen LogP contribution in [0.5, 0.6) is 0 Å². The standard InChI is InChI=1S/C24H18N2O4/c1-2-21(30-24(28)15-11-12-22-18(13-15)25-14-29-22)23(27)26-19-9-5-3-7-16(19)17-8-4-6-10-20(17)26/h3-14,21H,2H2,1H3. The highest BCUT2D eigenvalue weighted by Crippen LogP contribution is 2.29. The SMILES string of the molecule is CCC(OC(=O)c1ccc2ocnc2c1)C(=O)n1c2ccccc2c2ccccc21. The van der Waals surface area contributed by atoms with E-state index in [-0.39, 0.29) is 5.91 Å². The van der Waals surface area contributed by atoms with Crippen LogP contribution < -0.4 is 0 Å². The first kappa shape index (κ1) is 18.1. The van der Waals surface area contributed by atoms with Gasteiger partial charge in [0.25, 0.3) is 5.91 Å². The fourth-order valence-corrected chi connectivity index (χ4v) is 3.79. The van der Waals surface area contributed by atoms with Gasteiger partial charge in [-0.1, -0.05) is 43.3 Å². The number of carbonyl (C=O) groups excluding carboxylic acids is 2. The third kappa shape index (κ3) is 2.85. The number of oxazole rings is 1. The molecule has 0 amide bonds. The van der Waals surface area contributed by atoms with Gasteiger partial charge in [-0.3, -0.25) is 9.36 Å². The van der Waals surface area contributed by atoms with Gasteiger partial charge in [0.2, 0.25) is 0 Å².